The van der Waals surface area contributed by atoms with E-state index in [0.717, 1.165) is 15.7 Å². The van der Waals surface area contributed by atoms with Gasteiger partial charge in [-0.25, -0.2) is 4.98 Å². The number of anilines is 1. The van der Waals surface area contributed by atoms with Gasteiger partial charge in [-0.2, -0.15) is 21.6 Å². The van der Waals surface area contributed by atoms with Crippen LogP contribution in [0.5, 0.6) is 0 Å². The lowest BCUT2D eigenvalue weighted by Gasteiger charge is -2.14. The maximum absolute atomic E-state index is 12.8. The number of hydrogen-bond donors (Lipinski definition) is 1. The molecule has 1 aromatic carbocycles. The van der Waals surface area contributed by atoms with E-state index >= 15 is 0 Å². The molecule has 1 N–H and O–H groups in total. The molecule has 3 rings (SSSR count). The number of nitrogens with zero attached hydrogens (tertiary/aromatic N) is 2. The molecule has 0 bridgehead atoms. The summed E-state index contributed by atoms with van der Waals surface area (Å²) in [6, 6.07) is 8.68. The fraction of sp³-hybridized carbons (Fsp3) is 0.167. The first-order valence-electron chi connectivity index (χ1n) is 7.99. The number of aromatic nitrogens is 2. The third-order valence-electron chi connectivity index (χ3n) is 3.84. The number of hydrogen-bond acceptors (Lipinski definition) is 3. The van der Waals surface area contributed by atoms with Gasteiger partial charge in [0.1, 0.15) is 0 Å². The standard InChI is InChI=1S/C18H15ClF3N3O2S/c1-11-6-12(2)8-14(7-11)24-28(26,27)16-4-3-5-25(16)17-15(19)9-13(10-23-17)18(20,21)22/h3-10,24H,1-2H3. The summed E-state index contributed by atoms with van der Waals surface area (Å²) >= 11 is 5.95. The number of rotatable bonds is 4. The van der Waals surface area contributed by atoms with Crippen molar-refractivity contribution < 1.29 is 21.6 Å². The van der Waals surface area contributed by atoms with Crippen LogP contribution in [0.3, 0.4) is 0 Å². The number of halogens is 4. The van der Waals surface area contributed by atoms with Crippen molar-refractivity contribution in [1.82, 2.24) is 9.55 Å². The first kappa shape index (κ1) is 20.2. The number of aryl methyl sites for hydroxylation is 2. The van der Waals surface area contributed by atoms with Gasteiger partial charge >= 0.3 is 6.18 Å². The maximum Gasteiger partial charge on any atom is 0.417 e. The molecule has 0 aliphatic carbocycles. The average Bonchev–Trinajstić information content (AvgIpc) is 3.02. The first-order valence-corrected chi connectivity index (χ1v) is 9.85. The van der Waals surface area contributed by atoms with Crippen LogP contribution in [0.25, 0.3) is 5.82 Å². The molecule has 0 atom stereocenters. The van der Waals surface area contributed by atoms with Crippen LogP contribution in [0.15, 0.2) is 53.8 Å². The van der Waals surface area contributed by atoms with E-state index in [0.29, 0.717) is 18.0 Å². The third-order valence-corrected chi connectivity index (χ3v) is 5.50. The summed E-state index contributed by atoms with van der Waals surface area (Å²) in [5, 5.41) is -0.533. The molecule has 2 heterocycles. The minimum absolute atomic E-state index is 0.125. The molecule has 148 valence electrons. The Hall–Kier alpha value is -2.52. The molecule has 0 spiro atoms. The highest BCUT2D eigenvalue weighted by molar-refractivity contribution is 7.92. The Morgan fingerprint density at radius 3 is 2.32 bits per heavy atom. The molecule has 0 radical (unpaired) electrons. The van der Waals surface area contributed by atoms with Crippen LogP contribution in [0.4, 0.5) is 18.9 Å². The average molecular weight is 430 g/mol. The van der Waals surface area contributed by atoms with E-state index in [1.54, 1.807) is 12.1 Å². The zero-order valence-electron chi connectivity index (χ0n) is 14.7. The quantitative estimate of drug-likeness (QED) is 0.637. The van der Waals surface area contributed by atoms with E-state index in [2.05, 4.69) is 9.71 Å². The molecular weight excluding hydrogens is 415 g/mol. The largest absolute Gasteiger partial charge is 0.417 e. The highest BCUT2D eigenvalue weighted by Crippen LogP contribution is 2.33. The SMILES string of the molecule is Cc1cc(C)cc(NS(=O)(=O)c2cccn2-c2ncc(C(F)(F)F)cc2Cl)c1. The lowest BCUT2D eigenvalue weighted by Crippen LogP contribution is -2.17. The molecule has 3 aromatic rings. The Morgan fingerprint density at radius 2 is 1.75 bits per heavy atom. The van der Waals surface area contributed by atoms with E-state index in [9.17, 15) is 21.6 Å². The summed E-state index contributed by atoms with van der Waals surface area (Å²) in [6.45, 7) is 3.67. The number of sulfonamides is 1. The van der Waals surface area contributed by atoms with Crippen molar-refractivity contribution in [3.63, 3.8) is 0 Å². The van der Waals surface area contributed by atoms with Crippen LogP contribution < -0.4 is 4.72 Å². The van der Waals surface area contributed by atoms with E-state index in [-0.39, 0.29) is 15.9 Å². The first-order chi connectivity index (χ1) is 13.0. The van der Waals surface area contributed by atoms with Gasteiger partial charge in [0.05, 0.1) is 10.6 Å². The van der Waals surface area contributed by atoms with Gasteiger partial charge < -0.3 is 0 Å². The fourth-order valence-electron chi connectivity index (χ4n) is 2.76. The molecule has 5 nitrogen and oxygen atoms in total. The van der Waals surface area contributed by atoms with Crippen LogP contribution in [0.1, 0.15) is 16.7 Å². The molecule has 0 saturated heterocycles. The van der Waals surface area contributed by atoms with Crippen LogP contribution >= 0.6 is 11.6 Å². The van der Waals surface area contributed by atoms with Gasteiger partial charge in [-0.15, -0.1) is 0 Å². The van der Waals surface area contributed by atoms with Crippen molar-refractivity contribution >= 4 is 27.3 Å². The normalized spacial score (nSPS) is 12.2. The van der Waals surface area contributed by atoms with Crippen LogP contribution in [0.2, 0.25) is 5.02 Å². The Labute approximate surface area is 164 Å². The number of benzene rings is 1. The third kappa shape index (κ3) is 4.15. The minimum atomic E-state index is -4.61. The van der Waals surface area contributed by atoms with Crippen LogP contribution in [0, 0.1) is 13.8 Å². The summed E-state index contributed by atoms with van der Waals surface area (Å²) in [5.74, 6) is -0.125. The molecule has 28 heavy (non-hydrogen) atoms. The molecule has 0 saturated carbocycles. The summed E-state index contributed by atoms with van der Waals surface area (Å²) in [7, 11) is -4.05. The molecule has 0 fully saturated rings. The summed E-state index contributed by atoms with van der Waals surface area (Å²) in [4.78, 5) is 3.72. The molecular formula is C18H15ClF3N3O2S. The Morgan fingerprint density at radius 1 is 1.11 bits per heavy atom. The molecule has 0 aliphatic rings. The molecule has 0 amide bonds. The number of pyridine rings is 1. The van der Waals surface area contributed by atoms with Gasteiger partial charge in [-0.1, -0.05) is 17.7 Å². The van der Waals surface area contributed by atoms with Crippen molar-refractivity contribution in [1.29, 1.82) is 0 Å². The predicted octanol–water partition coefficient (Wildman–Crippen LogP) is 4.96. The monoisotopic (exact) mass is 429 g/mol. The van der Waals surface area contributed by atoms with E-state index in [4.69, 9.17) is 11.6 Å². The summed E-state index contributed by atoms with van der Waals surface area (Å²) in [6.07, 6.45) is -2.64. The Kier molecular flexibility index (Phi) is 5.16. The topological polar surface area (TPSA) is 64.0 Å². The van der Waals surface area contributed by atoms with Crippen LogP contribution in [-0.4, -0.2) is 18.0 Å². The van der Waals surface area contributed by atoms with Gasteiger partial charge in [-0.05, 0) is 55.3 Å². The van der Waals surface area contributed by atoms with Gasteiger partial charge in [0.2, 0.25) is 0 Å². The van der Waals surface area contributed by atoms with Gasteiger partial charge in [0.15, 0.2) is 10.8 Å². The second-order valence-corrected chi connectivity index (χ2v) is 8.26. The van der Waals surface area contributed by atoms with Crippen molar-refractivity contribution in [3.8, 4) is 5.82 Å². The van der Waals surface area contributed by atoms with E-state index in [1.807, 2.05) is 19.9 Å². The van der Waals surface area contributed by atoms with Crippen molar-refractivity contribution in [3.05, 3.63) is 70.5 Å². The fourth-order valence-corrected chi connectivity index (χ4v) is 4.22. The van der Waals surface area contributed by atoms with Gasteiger partial charge in [0, 0.05) is 18.1 Å². The van der Waals surface area contributed by atoms with Gasteiger partial charge in [0.25, 0.3) is 10.0 Å². The summed E-state index contributed by atoms with van der Waals surface area (Å²) in [5.41, 5.74) is 1.10. The lowest BCUT2D eigenvalue weighted by atomic mass is 10.1. The van der Waals surface area contributed by atoms with Crippen LogP contribution in [-0.2, 0) is 16.2 Å². The lowest BCUT2D eigenvalue weighted by molar-refractivity contribution is -0.137. The van der Waals surface area contributed by atoms with E-state index in [1.165, 1.54) is 18.3 Å². The molecule has 10 heteroatoms. The molecule has 0 unspecified atom stereocenters. The number of nitrogens with one attached hydrogen (secondary N) is 1. The smallest absolute Gasteiger partial charge is 0.289 e. The van der Waals surface area contributed by atoms with Crippen molar-refractivity contribution in [2.24, 2.45) is 0 Å². The van der Waals surface area contributed by atoms with Crippen molar-refractivity contribution in [2.75, 3.05) is 4.72 Å². The minimum Gasteiger partial charge on any atom is -0.289 e. The molecule has 0 aliphatic heterocycles. The zero-order valence-corrected chi connectivity index (χ0v) is 16.3. The highest BCUT2D eigenvalue weighted by atomic mass is 35.5. The second-order valence-electron chi connectivity index (χ2n) is 6.23. The number of alkyl halides is 3. The highest BCUT2D eigenvalue weighted by Gasteiger charge is 2.32. The molecule has 2 aromatic heterocycles. The van der Waals surface area contributed by atoms with E-state index < -0.39 is 21.8 Å². The Bertz CT molecular complexity index is 1120. The second kappa shape index (κ2) is 7.14. The van der Waals surface area contributed by atoms with Crippen molar-refractivity contribution in [2.45, 2.75) is 25.0 Å². The predicted molar refractivity (Wildman–Crippen MR) is 100 cm³/mol. The van der Waals surface area contributed by atoms with Gasteiger partial charge in [-0.3, -0.25) is 9.29 Å². The Balaban J connectivity index is 2.02. The summed E-state index contributed by atoms with van der Waals surface area (Å²) < 4.78 is 67.7. The maximum atomic E-state index is 12.8. The zero-order chi connectivity index (χ0) is 20.7.